The molecule has 9 nitrogen and oxygen atoms in total. The molecule has 31 heavy (non-hydrogen) atoms. The van der Waals surface area contributed by atoms with Crippen LogP contribution in [-0.2, 0) is 6.54 Å². The highest BCUT2D eigenvalue weighted by molar-refractivity contribution is 5.93. The second kappa shape index (κ2) is 7.90. The number of amides is 2. The summed E-state index contributed by atoms with van der Waals surface area (Å²) < 4.78 is 10.8. The van der Waals surface area contributed by atoms with E-state index < -0.39 is 0 Å². The Morgan fingerprint density at radius 2 is 1.77 bits per heavy atom. The van der Waals surface area contributed by atoms with Crippen LogP contribution in [0.5, 0.6) is 11.5 Å². The first-order valence-electron chi connectivity index (χ1n) is 10.3. The Morgan fingerprint density at radius 3 is 2.55 bits per heavy atom. The lowest BCUT2D eigenvalue weighted by Gasteiger charge is -2.41. The molecule has 2 aromatic carbocycles. The van der Waals surface area contributed by atoms with E-state index in [1.54, 1.807) is 14.2 Å². The standard InChI is InChI=1S/C22H24N6O3/c1-30-19-11-16-18(12-20(19)31-2)24-26-25-21(16)27-9-7-15(8-10-27)28-13-14-5-3-4-6-17(14)23-22(28)29/h3-6,11-12,15H,7-10,13H2,1-2H3,(H,23,29). The Kier molecular flexibility index (Phi) is 4.93. The van der Waals surface area contributed by atoms with Gasteiger partial charge in [0.1, 0.15) is 5.52 Å². The highest BCUT2D eigenvalue weighted by Gasteiger charge is 2.32. The molecule has 1 fully saturated rings. The van der Waals surface area contributed by atoms with Crippen LogP contribution >= 0.6 is 0 Å². The number of methoxy groups -OCH3 is 2. The van der Waals surface area contributed by atoms with E-state index in [9.17, 15) is 4.79 Å². The summed E-state index contributed by atoms with van der Waals surface area (Å²) in [5.74, 6) is 2.01. The van der Waals surface area contributed by atoms with Crippen LogP contribution in [-0.4, -0.2) is 59.7 Å². The Balaban J connectivity index is 1.35. The summed E-state index contributed by atoms with van der Waals surface area (Å²) in [6, 6.07) is 11.8. The Morgan fingerprint density at radius 1 is 1.03 bits per heavy atom. The van der Waals surface area contributed by atoms with Gasteiger partial charge in [0.25, 0.3) is 0 Å². The van der Waals surface area contributed by atoms with Crippen molar-refractivity contribution >= 4 is 28.4 Å². The number of urea groups is 1. The number of carbonyl (C=O) groups is 1. The number of nitrogens with one attached hydrogen (secondary N) is 1. The van der Waals surface area contributed by atoms with E-state index >= 15 is 0 Å². The van der Waals surface area contributed by atoms with Gasteiger partial charge in [-0.25, -0.2) is 4.79 Å². The molecule has 0 radical (unpaired) electrons. The van der Waals surface area contributed by atoms with Crippen LogP contribution in [0.25, 0.3) is 10.9 Å². The van der Waals surface area contributed by atoms with E-state index in [1.165, 1.54) is 0 Å². The van der Waals surface area contributed by atoms with E-state index in [4.69, 9.17) is 9.47 Å². The van der Waals surface area contributed by atoms with Crippen molar-refractivity contribution in [2.24, 2.45) is 0 Å². The van der Waals surface area contributed by atoms with Gasteiger partial charge in [-0.05, 0) is 35.8 Å². The number of hydrogen-bond donors (Lipinski definition) is 1. The topological polar surface area (TPSA) is 92.7 Å². The van der Waals surface area contributed by atoms with Crippen molar-refractivity contribution in [2.45, 2.75) is 25.4 Å². The zero-order valence-electron chi connectivity index (χ0n) is 17.5. The van der Waals surface area contributed by atoms with Crippen molar-refractivity contribution < 1.29 is 14.3 Å². The number of rotatable bonds is 4. The smallest absolute Gasteiger partial charge is 0.322 e. The minimum Gasteiger partial charge on any atom is -0.493 e. The zero-order valence-corrected chi connectivity index (χ0v) is 17.5. The predicted molar refractivity (Wildman–Crippen MR) is 117 cm³/mol. The van der Waals surface area contributed by atoms with Gasteiger partial charge < -0.3 is 24.6 Å². The van der Waals surface area contributed by atoms with Crippen molar-refractivity contribution in [3.63, 3.8) is 0 Å². The quantitative estimate of drug-likeness (QED) is 0.693. The maximum Gasteiger partial charge on any atom is 0.322 e. The minimum absolute atomic E-state index is 0.0249. The maximum atomic E-state index is 12.7. The zero-order chi connectivity index (χ0) is 21.4. The van der Waals surface area contributed by atoms with E-state index in [2.05, 4.69) is 31.7 Å². The van der Waals surface area contributed by atoms with E-state index in [-0.39, 0.29) is 12.1 Å². The van der Waals surface area contributed by atoms with Gasteiger partial charge in [0.05, 0.1) is 19.6 Å². The number of para-hydroxylation sites is 1. The number of benzene rings is 2. The fourth-order valence-electron chi connectivity index (χ4n) is 4.44. The SMILES string of the molecule is COc1cc2nnnc(N3CCC(N4Cc5ccccc5NC4=O)CC3)c2cc1OC. The van der Waals surface area contributed by atoms with Gasteiger partial charge in [-0.15, -0.1) is 10.2 Å². The van der Waals surface area contributed by atoms with Crippen LogP contribution in [0, 0.1) is 0 Å². The normalized spacial score (nSPS) is 16.8. The van der Waals surface area contributed by atoms with Gasteiger partial charge in [0.15, 0.2) is 17.3 Å². The molecule has 2 amide bonds. The summed E-state index contributed by atoms with van der Waals surface area (Å²) in [6.45, 7) is 2.19. The van der Waals surface area contributed by atoms with E-state index in [0.29, 0.717) is 23.6 Å². The van der Waals surface area contributed by atoms with Crippen LogP contribution in [0.15, 0.2) is 36.4 Å². The van der Waals surface area contributed by atoms with Gasteiger partial charge in [-0.1, -0.05) is 18.2 Å². The molecule has 1 N–H and O–H groups in total. The van der Waals surface area contributed by atoms with Gasteiger partial charge in [-0.2, -0.15) is 0 Å². The van der Waals surface area contributed by atoms with Crippen molar-refractivity contribution in [3.8, 4) is 11.5 Å². The molecule has 0 spiro atoms. The molecular weight excluding hydrogens is 396 g/mol. The minimum atomic E-state index is -0.0249. The number of hydrogen-bond acceptors (Lipinski definition) is 7. The number of ether oxygens (including phenoxy) is 2. The van der Waals surface area contributed by atoms with E-state index in [1.807, 2.05) is 35.2 Å². The molecular formula is C22H24N6O3. The third kappa shape index (κ3) is 3.45. The molecule has 1 saturated heterocycles. The first-order chi connectivity index (χ1) is 15.2. The highest BCUT2D eigenvalue weighted by Crippen LogP contribution is 2.35. The van der Waals surface area contributed by atoms with Gasteiger partial charge in [0.2, 0.25) is 0 Å². The average molecular weight is 420 g/mol. The monoisotopic (exact) mass is 420 g/mol. The number of anilines is 2. The number of aromatic nitrogens is 3. The lowest BCUT2D eigenvalue weighted by molar-refractivity contribution is 0.167. The van der Waals surface area contributed by atoms with Crippen LogP contribution in [0.2, 0.25) is 0 Å². The van der Waals surface area contributed by atoms with Crippen molar-refractivity contribution in [3.05, 3.63) is 42.0 Å². The molecule has 2 aliphatic rings. The van der Waals surface area contributed by atoms with Crippen molar-refractivity contribution in [2.75, 3.05) is 37.5 Å². The number of nitrogens with zero attached hydrogens (tertiary/aromatic N) is 5. The Hall–Kier alpha value is -3.62. The molecule has 5 rings (SSSR count). The molecule has 9 heteroatoms. The fraction of sp³-hybridized carbons (Fsp3) is 0.364. The van der Waals surface area contributed by atoms with Gasteiger partial charge >= 0.3 is 6.03 Å². The Bertz CT molecular complexity index is 1130. The van der Waals surface area contributed by atoms with Crippen molar-refractivity contribution in [1.82, 2.24) is 20.3 Å². The largest absolute Gasteiger partial charge is 0.493 e. The van der Waals surface area contributed by atoms with E-state index in [0.717, 1.165) is 48.4 Å². The first kappa shape index (κ1) is 19.3. The third-order valence-corrected chi connectivity index (χ3v) is 6.10. The molecule has 3 aromatic rings. The second-order valence-electron chi connectivity index (χ2n) is 7.77. The summed E-state index contributed by atoms with van der Waals surface area (Å²) >= 11 is 0. The lowest BCUT2D eigenvalue weighted by atomic mass is 10.0. The molecule has 3 heterocycles. The summed E-state index contributed by atoms with van der Waals surface area (Å²) in [4.78, 5) is 16.8. The number of piperidine rings is 1. The molecule has 2 aliphatic heterocycles. The second-order valence-corrected chi connectivity index (χ2v) is 7.77. The summed E-state index contributed by atoms with van der Waals surface area (Å²) in [5.41, 5.74) is 2.76. The van der Waals surface area contributed by atoms with Crippen LogP contribution < -0.4 is 19.7 Å². The number of carbonyl (C=O) groups excluding carboxylic acids is 1. The number of fused-ring (bicyclic) bond motifs is 2. The predicted octanol–water partition coefficient (Wildman–Crippen LogP) is 3.06. The molecule has 0 unspecified atom stereocenters. The average Bonchev–Trinajstić information content (AvgIpc) is 2.82. The van der Waals surface area contributed by atoms with Crippen LogP contribution in [0.4, 0.5) is 16.3 Å². The fourth-order valence-corrected chi connectivity index (χ4v) is 4.44. The van der Waals surface area contributed by atoms with Crippen LogP contribution in [0.1, 0.15) is 18.4 Å². The molecule has 160 valence electrons. The Labute approximate surface area is 179 Å². The molecule has 0 aliphatic carbocycles. The van der Waals surface area contributed by atoms with Crippen molar-refractivity contribution in [1.29, 1.82) is 0 Å². The molecule has 0 saturated carbocycles. The summed E-state index contributed by atoms with van der Waals surface area (Å²) in [7, 11) is 3.21. The first-order valence-corrected chi connectivity index (χ1v) is 10.3. The van der Waals surface area contributed by atoms with Gasteiger partial charge in [0, 0.05) is 37.4 Å². The van der Waals surface area contributed by atoms with Gasteiger partial charge in [-0.3, -0.25) is 0 Å². The summed E-state index contributed by atoms with van der Waals surface area (Å²) in [6.07, 6.45) is 1.71. The summed E-state index contributed by atoms with van der Waals surface area (Å²) in [5, 5.41) is 16.3. The lowest BCUT2D eigenvalue weighted by Crippen LogP contribution is -2.50. The highest BCUT2D eigenvalue weighted by atomic mass is 16.5. The molecule has 0 atom stereocenters. The third-order valence-electron chi connectivity index (χ3n) is 6.10. The molecule has 1 aromatic heterocycles. The van der Waals surface area contributed by atoms with Crippen LogP contribution in [0.3, 0.4) is 0 Å². The molecule has 0 bridgehead atoms. The maximum absolute atomic E-state index is 12.7.